The second kappa shape index (κ2) is 9.09. The molecule has 0 radical (unpaired) electrons. The van der Waals surface area contributed by atoms with E-state index in [2.05, 4.69) is 15.4 Å². The molecule has 0 fully saturated rings. The van der Waals surface area contributed by atoms with Crippen LogP contribution in [0, 0.1) is 0 Å². The van der Waals surface area contributed by atoms with Crippen molar-refractivity contribution < 1.29 is 24.6 Å². The van der Waals surface area contributed by atoms with Crippen molar-refractivity contribution in [1.29, 1.82) is 0 Å². The normalized spacial score (nSPS) is 14.4. The number of aliphatic hydroxyl groups is 1. The van der Waals surface area contributed by atoms with Crippen LogP contribution in [0.15, 0.2) is 54.9 Å². The zero-order valence-corrected chi connectivity index (χ0v) is 17.5. The van der Waals surface area contributed by atoms with Gasteiger partial charge in [0.25, 0.3) is 5.91 Å². The Morgan fingerprint density at radius 3 is 2.55 bits per heavy atom. The van der Waals surface area contributed by atoms with Gasteiger partial charge in [-0.15, -0.1) is 0 Å². The molecule has 1 aliphatic rings. The van der Waals surface area contributed by atoms with Gasteiger partial charge in [0.05, 0.1) is 30.4 Å². The van der Waals surface area contributed by atoms with Crippen molar-refractivity contribution in [1.82, 2.24) is 25.0 Å². The Kier molecular flexibility index (Phi) is 6.05. The predicted molar refractivity (Wildman–Crippen MR) is 115 cm³/mol. The van der Waals surface area contributed by atoms with Gasteiger partial charge in [0.2, 0.25) is 5.91 Å². The number of nitrogens with two attached hydrogens (primary N) is 1. The van der Waals surface area contributed by atoms with Crippen molar-refractivity contribution in [3.8, 4) is 5.82 Å². The summed E-state index contributed by atoms with van der Waals surface area (Å²) in [5, 5.41) is 26.5. The molecule has 3 aromatic rings. The molecule has 2 aromatic heterocycles. The van der Waals surface area contributed by atoms with Crippen LogP contribution in [0.3, 0.4) is 0 Å². The van der Waals surface area contributed by atoms with Crippen molar-refractivity contribution in [2.45, 2.75) is 31.7 Å². The molecular weight excluding hydrogens is 428 g/mol. The fourth-order valence-corrected chi connectivity index (χ4v) is 3.71. The smallest absolute Gasteiger partial charge is 0.407 e. The largest absolute Gasteiger partial charge is 0.465 e. The summed E-state index contributed by atoms with van der Waals surface area (Å²) in [7, 11) is 0. The number of carboxylic acid groups (broad SMARTS) is 1. The summed E-state index contributed by atoms with van der Waals surface area (Å²) in [4.78, 5) is 41.5. The molecule has 2 unspecified atom stereocenters. The van der Waals surface area contributed by atoms with Crippen LogP contribution in [-0.2, 0) is 24.3 Å². The number of benzene rings is 1. The summed E-state index contributed by atoms with van der Waals surface area (Å²) in [6.45, 7) is 0.346. The van der Waals surface area contributed by atoms with E-state index in [0.29, 0.717) is 5.69 Å². The van der Waals surface area contributed by atoms with Crippen LogP contribution in [0.5, 0.6) is 0 Å². The zero-order chi connectivity index (χ0) is 23.5. The van der Waals surface area contributed by atoms with Gasteiger partial charge >= 0.3 is 6.09 Å². The molecule has 33 heavy (non-hydrogen) atoms. The standard InChI is InChI=1S/C22H22N6O5/c23-19(30)18(29)16(9-13-5-2-1-3-6-13)25-21(31)15-7-4-8-24-20(15)28-11-14-10-27(22(32)33)12-17(14)26-28/h1-8,11,16,18,29H,9-10,12H2,(H2,23,30)(H,25,31)(H,32,33). The number of carbonyl (C=O) groups excluding carboxylic acids is 2. The van der Waals surface area contributed by atoms with Crippen LogP contribution in [0.4, 0.5) is 4.79 Å². The Bertz CT molecular complexity index is 1170. The van der Waals surface area contributed by atoms with Crippen LogP contribution < -0.4 is 11.1 Å². The summed E-state index contributed by atoms with van der Waals surface area (Å²) in [5.41, 5.74) is 7.57. The first-order valence-electron chi connectivity index (χ1n) is 10.2. The van der Waals surface area contributed by atoms with E-state index in [9.17, 15) is 19.5 Å². The number of hydrogen-bond donors (Lipinski definition) is 4. The van der Waals surface area contributed by atoms with Gasteiger partial charge < -0.3 is 21.3 Å². The van der Waals surface area contributed by atoms with Crippen LogP contribution >= 0.6 is 0 Å². The first-order valence-corrected chi connectivity index (χ1v) is 10.2. The van der Waals surface area contributed by atoms with Gasteiger partial charge in [-0.3, -0.25) is 14.5 Å². The second-order valence-corrected chi connectivity index (χ2v) is 7.68. The van der Waals surface area contributed by atoms with E-state index >= 15 is 0 Å². The van der Waals surface area contributed by atoms with Gasteiger partial charge in [0.1, 0.15) is 0 Å². The van der Waals surface area contributed by atoms with Gasteiger partial charge in [0.15, 0.2) is 11.9 Å². The molecule has 4 rings (SSSR count). The van der Waals surface area contributed by atoms with Gasteiger partial charge in [-0.05, 0) is 24.1 Å². The van der Waals surface area contributed by atoms with Gasteiger partial charge in [0, 0.05) is 18.0 Å². The molecule has 0 aliphatic carbocycles. The van der Waals surface area contributed by atoms with Crippen LogP contribution in [0.1, 0.15) is 27.2 Å². The Morgan fingerprint density at radius 2 is 1.88 bits per heavy atom. The number of hydrogen-bond acceptors (Lipinski definition) is 6. The number of aromatic nitrogens is 3. The van der Waals surface area contributed by atoms with E-state index in [1.54, 1.807) is 18.3 Å². The fourth-order valence-electron chi connectivity index (χ4n) is 3.71. The first-order chi connectivity index (χ1) is 15.8. The second-order valence-electron chi connectivity index (χ2n) is 7.68. The van der Waals surface area contributed by atoms with E-state index in [1.807, 2.05) is 30.3 Å². The molecule has 1 aliphatic heterocycles. The van der Waals surface area contributed by atoms with E-state index in [-0.39, 0.29) is 30.9 Å². The Labute approximate surface area is 188 Å². The number of amides is 3. The Morgan fingerprint density at radius 1 is 1.12 bits per heavy atom. The SMILES string of the molecule is NC(=O)C(O)C(Cc1ccccc1)NC(=O)c1cccnc1-n1cc2c(n1)CN(C(=O)O)C2. The summed E-state index contributed by atoms with van der Waals surface area (Å²) >= 11 is 0. The summed E-state index contributed by atoms with van der Waals surface area (Å²) in [5.74, 6) is -1.28. The van der Waals surface area contributed by atoms with Gasteiger partial charge in [-0.2, -0.15) is 5.10 Å². The monoisotopic (exact) mass is 450 g/mol. The fraction of sp³-hybridized carbons (Fsp3) is 0.227. The minimum Gasteiger partial charge on any atom is -0.465 e. The Hall–Kier alpha value is -4.25. The molecule has 11 heteroatoms. The average Bonchev–Trinajstić information content (AvgIpc) is 3.38. The van der Waals surface area contributed by atoms with Crippen molar-refractivity contribution in [3.05, 3.63) is 77.2 Å². The number of fused-ring (bicyclic) bond motifs is 1. The predicted octanol–water partition coefficient (Wildman–Crippen LogP) is 0.448. The molecule has 11 nitrogen and oxygen atoms in total. The number of nitrogens with zero attached hydrogens (tertiary/aromatic N) is 4. The zero-order valence-electron chi connectivity index (χ0n) is 17.5. The molecule has 1 aromatic carbocycles. The van der Waals surface area contributed by atoms with Crippen LogP contribution in [-0.4, -0.2) is 59.9 Å². The molecule has 0 spiro atoms. The molecule has 170 valence electrons. The lowest BCUT2D eigenvalue weighted by Crippen LogP contribution is -2.50. The highest BCUT2D eigenvalue weighted by Crippen LogP contribution is 2.23. The van der Waals surface area contributed by atoms with Crippen molar-refractivity contribution in [2.75, 3.05) is 0 Å². The maximum absolute atomic E-state index is 13.1. The molecular formula is C22H22N6O5. The highest BCUT2D eigenvalue weighted by molar-refractivity contribution is 5.97. The molecule has 0 bridgehead atoms. The number of primary amides is 1. The molecule has 3 amide bonds. The third kappa shape index (κ3) is 4.67. The van der Waals surface area contributed by atoms with Crippen molar-refractivity contribution >= 4 is 17.9 Å². The van der Waals surface area contributed by atoms with Gasteiger partial charge in [-0.1, -0.05) is 30.3 Å². The highest BCUT2D eigenvalue weighted by atomic mass is 16.4. The van der Waals surface area contributed by atoms with Gasteiger partial charge in [-0.25, -0.2) is 14.5 Å². The minimum atomic E-state index is -1.59. The lowest BCUT2D eigenvalue weighted by molar-refractivity contribution is -0.127. The highest BCUT2D eigenvalue weighted by Gasteiger charge is 2.29. The quantitative estimate of drug-likeness (QED) is 0.406. The maximum Gasteiger partial charge on any atom is 0.407 e. The number of aliphatic hydroxyl groups excluding tert-OH is 1. The topological polar surface area (TPSA) is 164 Å². The average molecular weight is 450 g/mol. The molecule has 3 heterocycles. The maximum atomic E-state index is 13.1. The van der Waals surface area contributed by atoms with E-state index in [0.717, 1.165) is 11.1 Å². The van der Waals surface area contributed by atoms with E-state index in [1.165, 1.54) is 15.8 Å². The number of rotatable bonds is 7. The van der Waals surface area contributed by atoms with E-state index in [4.69, 9.17) is 10.8 Å². The first kappa shape index (κ1) is 22.0. The lowest BCUT2D eigenvalue weighted by Gasteiger charge is -2.23. The summed E-state index contributed by atoms with van der Waals surface area (Å²) in [6.07, 6.45) is 0.701. The van der Waals surface area contributed by atoms with Crippen molar-refractivity contribution in [2.24, 2.45) is 5.73 Å². The summed E-state index contributed by atoms with van der Waals surface area (Å²) in [6, 6.07) is 11.3. The Balaban J connectivity index is 1.58. The number of pyridine rings is 1. The number of carbonyl (C=O) groups is 3. The molecule has 0 saturated heterocycles. The van der Waals surface area contributed by atoms with E-state index < -0.39 is 30.1 Å². The molecule has 2 atom stereocenters. The summed E-state index contributed by atoms with van der Waals surface area (Å²) < 4.78 is 1.43. The van der Waals surface area contributed by atoms with Crippen molar-refractivity contribution in [3.63, 3.8) is 0 Å². The molecule has 0 saturated carbocycles. The lowest BCUT2D eigenvalue weighted by atomic mass is 10.0. The molecule has 5 N–H and O–H groups in total. The van der Waals surface area contributed by atoms with Crippen LogP contribution in [0.25, 0.3) is 5.82 Å². The van der Waals surface area contributed by atoms with Crippen LogP contribution in [0.2, 0.25) is 0 Å². The number of nitrogens with one attached hydrogen (secondary N) is 1. The third-order valence-electron chi connectivity index (χ3n) is 5.39. The third-order valence-corrected chi connectivity index (χ3v) is 5.39. The minimum absolute atomic E-state index is 0.149.